The fraction of sp³-hybridized carbons (Fsp3) is 0.389. The van der Waals surface area contributed by atoms with Crippen molar-refractivity contribution < 1.29 is 18.7 Å². The average Bonchev–Trinajstić information content (AvgIpc) is 3.02. The molecule has 43 heavy (non-hydrogen) atoms. The maximum absolute atomic E-state index is 12.4. The number of amides is 1. The topological polar surface area (TPSA) is 81.0 Å². The summed E-state index contributed by atoms with van der Waals surface area (Å²) in [6.07, 6.45) is 8.47. The van der Waals surface area contributed by atoms with E-state index in [-0.39, 0.29) is 5.63 Å². The Morgan fingerprint density at radius 3 is 2.53 bits per heavy atom. The Kier molecular flexibility index (Phi) is 10.9. The van der Waals surface area contributed by atoms with Crippen LogP contribution in [0.15, 0.2) is 82.0 Å². The first-order valence-electron chi connectivity index (χ1n) is 15.5. The number of unbranched alkanes of at least 4 members (excludes halogenated alkanes) is 2. The number of rotatable bonds is 14. The second-order valence-corrected chi connectivity index (χ2v) is 11.4. The molecular formula is C36H42N2O5. The van der Waals surface area contributed by atoms with E-state index in [4.69, 9.17) is 13.9 Å². The maximum atomic E-state index is 12.4. The van der Waals surface area contributed by atoms with Crippen molar-refractivity contribution in [1.82, 2.24) is 10.2 Å². The lowest BCUT2D eigenvalue weighted by Crippen LogP contribution is -2.27. The van der Waals surface area contributed by atoms with E-state index in [2.05, 4.69) is 41.5 Å². The third-order valence-electron chi connectivity index (χ3n) is 7.96. The van der Waals surface area contributed by atoms with Crippen LogP contribution in [0.5, 0.6) is 11.5 Å². The third kappa shape index (κ3) is 8.94. The van der Waals surface area contributed by atoms with Crippen LogP contribution in [-0.2, 0) is 25.8 Å². The molecule has 0 bridgehead atoms. The number of carbonyl (C=O) groups excluding carboxylic acids is 1. The minimum absolute atomic E-state index is 0.207. The molecule has 3 aromatic carbocycles. The van der Waals surface area contributed by atoms with Gasteiger partial charge in [-0.3, -0.25) is 0 Å². The van der Waals surface area contributed by atoms with E-state index in [1.807, 2.05) is 42.5 Å². The highest BCUT2D eigenvalue weighted by Gasteiger charge is 2.18. The summed E-state index contributed by atoms with van der Waals surface area (Å²) in [6, 6.07) is 24.0. The lowest BCUT2D eigenvalue weighted by atomic mass is 9.91. The highest BCUT2D eigenvalue weighted by Crippen LogP contribution is 2.29. The highest BCUT2D eigenvalue weighted by atomic mass is 16.6. The average molecular weight is 583 g/mol. The van der Waals surface area contributed by atoms with Crippen molar-refractivity contribution in [2.24, 2.45) is 0 Å². The van der Waals surface area contributed by atoms with Crippen molar-refractivity contribution in [2.45, 2.75) is 64.3 Å². The zero-order valence-electron chi connectivity index (χ0n) is 25.1. The Morgan fingerprint density at radius 1 is 0.860 bits per heavy atom. The van der Waals surface area contributed by atoms with Gasteiger partial charge in [0, 0.05) is 36.7 Å². The molecule has 1 amide bonds. The Balaban J connectivity index is 0.992. The maximum Gasteiger partial charge on any atom is 0.412 e. The van der Waals surface area contributed by atoms with Gasteiger partial charge in [0.25, 0.3) is 0 Å². The SMILES string of the molecule is CN(CCCOc1ccc2c3c(c(=O)oc2c1)CCCC3)Cc1cccc(OC(=O)NCCCCCc2ccccc2)c1. The number of nitrogens with one attached hydrogen (secondary N) is 1. The molecule has 1 N–H and O–H groups in total. The largest absolute Gasteiger partial charge is 0.493 e. The van der Waals surface area contributed by atoms with Crippen LogP contribution >= 0.6 is 0 Å². The van der Waals surface area contributed by atoms with E-state index in [1.54, 1.807) is 6.07 Å². The standard InChI is InChI=1S/C36H42N2O5/c1-38(22-11-23-41-29-19-20-32-31-17-7-8-18-33(31)35(39)43-34(32)25-29)26-28-15-10-16-30(24-28)42-36(40)37-21-9-3-6-14-27-12-4-2-5-13-27/h2,4-5,10,12-13,15-16,19-20,24-25H,3,6-9,11,14,17-18,21-23,26H2,1H3,(H,37,40). The van der Waals surface area contributed by atoms with Crippen LogP contribution in [0.4, 0.5) is 4.79 Å². The Labute approximate surface area is 253 Å². The molecule has 0 saturated heterocycles. The van der Waals surface area contributed by atoms with Gasteiger partial charge >= 0.3 is 11.7 Å². The highest BCUT2D eigenvalue weighted by molar-refractivity contribution is 5.82. The van der Waals surface area contributed by atoms with E-state index in [0.717, 1.165) is 93.0 Å². The van der Waals surface area contributed by atoms with E-state index < -0.39 is 6.09 Å². The molecule has 7 nitrogen and oxygen atoms in total. The molecule has 0 radical (unpaired) electrons. The molecule has 0 aliphatic heterocycles. The van der Waals surface area contributed by atoms with Crippen LogP contribution < -0.4 is 20.4 Å². The fourth-order valence-electron chi connectivity index (χ4n) is 5.75. The molecule has 1 aromatic heterocycles. The number of hydrogen-bond acceptors (Lipinski definition) is 6. The molecule has 7 heteroatoms. The predicted octanol–water partition coefficient (Wildman–Crippen LogP) is 7.07. The molecular weight excluding hydrogens is 540 g/mol. The van der Waals surface area contributed by atoms with Gasteiger partial charge in [0.2, 0.25) is 0 Å². The molecule has 0 atom stereocenters. The van der Waals surface area contributed by atoms with E-state index in [9.17, 15) is 9.59 Å². The minimum Gasteiger partial charge on any atom is -0.493 e. The predicted molar refractivity (Wildman–Crippen MR) is 170 cm³/mol. The second kappa shape index (κ2) is 15.4. The first-order chi connectivity index (χ1) is 21.0. The number of carbonyl (C=O) groups is 1. The van der Waals surface area contributed by atoms with Gasteiger partial charge in [-0.1, -0.05) is 48.9 Å². The zero-order chi connectivity index (χ0) is 29.9. The van der Waals surface area contributed by atoms with Gasteiger partial charge in [-0.15, -0.1) is 0 Å². The van der Waals surface area contributed by atoms with Crippen LogP contribution in [-0.4, -0.2) is 37.7 Å². The number of benzene rings is 3. The summed E-state index contributed by atoms with van der Waals surface area (Å²) < 4.78 is 17.1. The molecule has 1 heterocycles. The molecule has 226 valence electrons. The number of nitrogens with zero attached hydrogens (tertiary/aromatic N) is 1. The van der Waals surface area contributed by atoms with Gasteiger partial charge in [-0.25, -0.2) is 9.59 Å². The van der Waals surface area contributed by atoms with Crippen molar-refractivity contribution >= 4 is 17.1 Å². The normalized spacial score (nSPS) is 12.7. The van der Waals surface area contributed by atoms with Crippen molar-refractivity contribution in [3.8, 4) is 11.5 Å². The summed E-state index contributed by atoms with van der Waals surface area (Å²) in [5.74, 6) is 1.25. The molecule has 1 aliphatic carbocycles. The zero-order valence-corrected chi connectivity index (χ0v) is 25.1. The Morgan fingerprint density at radius 2 is 1.67 bits per heavy atom. The number of hydrogen-bond donors (Lipinski definition) is 1. The molecule has 0 spiro atoms. The number of aryl methyl sites for hydroxylation is 2. The van der Waals surface area contributed by atoms with E-state index >= 15 is 0 Å². The molecule has 0 saturated carbocycles. The van der Waals surface area contributed by atoms with Gasteiger partial charge in [0.15, 0.2) is 0 Å². The molecule has 0 fully saturated rings. The van der Waals surface area contributed by atoms with Gasteiger partial charge in [-0.05, 0) is 99.4 Å². The first kappa shape index (κ1) is 30.4. The summed E-state index contributed by atoms with van der Waals surface area (Å²) >= 11 is 0. The van der Waals surface area contributed by atoms with Crippen molar-refractivity contribution in [2.75, 3.05) is 26.7 Å². The van der Waals surface area contributed by atoms with Crippen LogP contribution in [0.3, 0.4) is 0 Å². The number of fused-ring (bicyclic) bond motifs is 3. The molecule has 5 rings (SSSR count). The van der Waals surface area contributed by atoms with Crippen LogP contribution in [0.2, 0.25) is 0 Å². The Bertz CT molecular complexity index is 1550. The smallest absolute Gasteiger partial charge is 0.412 e. The van der Waals surface area contributed by atoms with Crippen molar-refractivity contribution in [3.63, 3.8) is 0 Å². The monoisotopic (exact) mass is 582 g/mol. The summed E-state index contributed by atoms with van der Waals surface area (Å²) in [5.41, 5.74) is 4.81. The van der Waals surface area contributed by atoms with Crippen molar-refractivity contribution in [3.05, 3.63) is 105 Å². The van der Waals surface area contributed by atoms with Crippen LogP contribution in [0.1, 0.15) is 60.8 Å². The van der Waals surface area contributed by atoms with E-state index in [1.165, 1.54) is 5.56 Å². The number of ether oxygens (including phenoxy) is 2. The van der Waals surface area contributed by atoms with Gasteiger partial charge < -0.3 is 24.1 Å². The third-order valence-corrected chi connectivity index (χ3v) is 7.96. The summed E-state index contributed by atoms with van der Waals surface area (Å²) in [6.45, 7) is 2.73. The van der Waals surface area contributed by atoms with Crippen LogP contribution in [0.25, 0.3) is 11.0 Å². The fourth-order valence-corrected chi connectivity index (χ4v) is 5.75. The van der Waals surface area contributed by atoms with E-state index in [0.29, 0.717) is 30.2 Å². The summed E-state index contributed by atoms with van der Waals surface area (Å²) in [5, 5.41) is 3.88. The van der Waals surface area contributed by atoms with Gasteiger partial charge in [0.1, 0.15) is 17.1 Å². The quantitative estimate of drug-likeness (QED) is 0.126. The lowest BCUT2D eigenvalue weighted by Gasteiger charge is -2.18. The first-order valence-corrected chi connectivity index (χ1v) is 15.5. The molecule has 0 unspecified atom stereocenters. The second-order valence-electron chi connectivity index (χ2n) is 11.4. The summed E-state index contributed by atoms with van der Waals surface area (Å²) in [7, 11) is 2.06. The van der Waals surface area contributed by atoms with Crippen molar-refractivity contribution in [1.29, 1.82) is 0 Å². The molecule has 1 aliphatic rings. The minimum atomic E-state index is -0.418. The Hall–Kier alpha value is -4.10. The van der Waals surface area contributed by atoms with Gasteiger partial charge in [-0.2, -0.15) is 0 Å². The van der Waals surface area contributed by atoms with Gasteiger partial charge in [0.05, 0.1) is 6.61 Å². The van der Waals surface area contributed by atoms with Crippen LogP contribution in [0, 0.1) is 0 Å². The summed E-state index contributed by atoms with van der Waals surface area (Å²) in [4.78, 5) is 26.9. The molecule has 4 aromatic rings. The lowest BCUT2D eigenvalue weighted by molar-refractivity contribution is 0.200.